The van der Waals surface area contributed by atoms with Gasteiger partial charge >= 0.3 is 0 Å². The molecule has 0 radical (unpaired) electrons. The lowest BCUT2D eigenvalue weighted by molar-refractivity contribution is -0.117. The summed E-state index contributed by atoms with van der Waals surface area (Å²) in [6, 6.07) is 0. The van der Waals surface area contributed by atoms with Gasteiger partial charge in [-0.1, -0.05) is 11.8 Å². The van der Waals surface area contributed by atoms with Crippen molar-refractivity contribution in [1.82, 2.24) is 15.2 Å². The standard InChI is InChI=1S/C10H12N4O2S2/c1-5(9(11)15)18-10-14-13-8(16-10)3-7-4-17-6(2)12-7/h4-5H,3H2,1-2H3,(H2,11,15)/t5-/m0/s1. The third kappa shape index (κ3) is 3.30. The van der Waals surface area contributed by atoms with Gasteiger partial charge in [-0.3, -0.25) is 4.79 Å². The Kier molecular flexibility index (Phi) is 3.97. The van der Waals surface area contributed by atoms with Crippen LogP contribution < -0.4 is 5.73 Å². The predicted molar refractivity (Wildman–Crippen MR) is 68.5 cm³/mol. The van der Waals surface area contributed by atoms with Crippen LogP contribution in [0.5, 0.6) is 0 Å². The highest BCUT2D eigenvalue weighted by atomic mass is 32.2. The van der Waals surface area contributed by atoms with E-state index in [1.165, 1.54) is 0 Å². The van der Waals surface area contributed by atoms with Crippen LogP contribution in [0.1, 0.15) is 23.5 Å². The van der Waals surface area contributed by atoms with E-state index in [2.05, 4.69) is 15.2 Å². The number of nitrogens with zero attached hydrogens (tertiary/aromatic N) is 3. The first-order chi connectivity index (χ1) is 8.54. The molecule has 2 heterocycles. The molecule has 0 saturated heterocycles. The van der Waals surface area contributed by atoms with Crippen LogP contribution in [0.2, 0.25) is 0 Å². The zero-order chi connectivity index (χ0) is 13.1. The molecule has 6 nitrogen and oxygen atoms in total. The number of thioether (sulfide) groups is 1. The highest BCUT2D eigenvalue weighted by Crippen LogP contribution is 2.22. The minimum atomic E-state index is -0.408. The van der Waals surface area contributed by atoms with Crippen molar-refractivity contribution in [2.24, 2.45) is 5.73 Å². The second-order valence-corrected chi connectivity index (χ2v) is 6.01. The van der Waals surface area contributed by atoms with Gasteiger partial charge in [0, 0.05) is 5.38 Å². The van der Waals surface area contributed by atoms with Gasteiger partial charge in [0.25, 0.3) is 5.22 Å². The molecule has 0 aromatic carbocycles. The average Bonchev–Trinajstić information content (AvgIpc) is 2.89. The molecule has 2 rings (SSSR count). The van der Waals surface area contributed by atoms with Gasteiger partial charge in [-0.15, -0.1) is 21.5 Å². The summed E-state index contributed by atoms with van der Waals surface area (Å²) in [5.74, 6) is 0.0781. The van der Waals surface area contributed by atoms with Crippen LogP contribution in [0.15, 0.2) is 15.0 Å². The molecular formula is C10H12N4O2S2. The summed E-state index contributed by atoms with van der Waals surface area (Å²) in [4.78, 5) is 15.2. The Bertz CT molecular complexity index is 552. The average molecular weight is 284 g/mol. The van der Waals surface area contributed by atoms with Crippen LogP contribution in [0.4, 0.5) is 0 Å². The van der Waals surface area contributed by atoms with Crippen molar-refractivity contribution in [2.75, 3.05) is 0 Å². The van der Waals surface area contributed by atoms with Gasteiger partial charge in [-0.25, -0.2) is 4.98 Å². The smallest absolute Gasteiger partial charge is 0.277 e. The largest absolute Gasteiger partial charge is 0.416 e. The molecule has 0 bridgehead atoms. The molecule has 8 heteroatoms. The Hall–Kier alpha value is -1.41. The van der Waals surface area contributed by atoms with Gasteiger partial charge in [0.1, 0.15) is 0 Å². The number of rotatable bonds is 5. The lowest BCUT2D eigenvalue weighted by Gasteiger charge is -2.00. The van der Waals surface area contributed by atoms with Crippen LogP contribution in [0, 0.1) is 6.92 Å². The van der Waals surface area contributed by atoms with E-state index in [9.17, 15) is 4.79 Å². The number of nitrogens with two attached hydrogens (primary N) is 1. The third-order valence-electron chi connectivity index (χ3n) is 2.13. The maximum atomic E-state index is 10.9. The van der Waals surface area contributed by atoms with E-state index in [0.717, 1.165) is 22.5 Å². The van der Waals surface area contributed by atoms with Gasteiger partial charge in [-0.05, 0) is 13.8 Å². The van der Waals surface area contributed by atoms with Crippen LogP contribution in [-0.2, 0) is 11.2 Å². The topological polar surface area (TPSA) is 94.9 Å². The zero-order valence-corrected chi connectivity index (χ0v) is 11.5. The summed E-state index contributed by atoms with van der Waals surface area (Å²) in [6.45, 7) is 3.64. The molecule has 0 aliphatic heterocycles. The van der Waals surface area contributed by atoms with E-state index in [0.29, 0.717) is 17.5 Å². The van der Waals surface area contributed by atoms with E-state index in [1.54, 1.807) is 18.3 Å². The quantitative estimate of drug-likeness (QED) is 0.834. The number of hydrogen-bond donors (Lipinski definition) is 1. The fourth-order valence-electron chi connectivity index (χ4n) is 1.21. The van der Waals surface area contributed by atoms with Crippen molar-refractivity contribution in [3.63, 3.8) is 0 Å². The first kappa shape index (κ1) is 13.0. The monoisotopic (exact) mass is 284 g/mol. The van der Waals surface area contributed by atoms with Gasteiger partial charge in [0.15, 0.2) is 0 Å². The van der Waals surface area contributed by atoms with Crippen LogP contribution >= 0.6 is 23.1 Å². The molecule has 2 aromatic heterocycles. The number of aromatic nitrogens is 3. The first-order valence-electron chi connectivity index (χ1n) is 5.24. The van der Waals surface area contributed by atoms with E-state index >= 15 is 0 Å². The molecule has 1 atom stereocenters. The fraction of sp³-hybridized carbons (Fsp3) is 0.400. The molecule has 2 aromatic rings. The van der Waals surface area contributed by atoms with Gasteiger partial charge in [0.05, 0.1) is 22.4 Å². The zero-order valence-electron chi connectivity index (χ0n) is 9.91. The highest BCUT2D eigenvalue weighted by molar-refractivity contribution is 8.00. The molecule has 1 amide bonds. The second-order valence-electron chi connectivity index (χ2n) is 3.66. The first-order valence-corrected chi connectivity index (χ1v) is 7.00. The number of primary amides is 1. The van der Waals surface area contributed by atoms with Gasteiger partial charge < -0.3 is 10.2 Å². The summed E-state index contributed by atoms with van der Waals surface area (Å²) < 4.78 is 5.42. The van der Waals surface area contributed by atoms with Crippen LogP contribution in [0.25, 0.3) is 0 Å². The van der Waals surface area contributed by atoms with Crippen LogP contribution in [-0.4, -0.2) is 26.3 Å². The van der Waals surface area contributed by atoms with Crippen molar-refractivity contribution in [3.8, 4) is 0 Å². The van der Waals surface area contributed by atoms with E-state index in [1.807, 2.05) is 12.3 Å². The number of hydrogen-bond acceptors (Lipinski definition) is 7. The third-order valence-corrected chi connectivity index (χ3v) is 3.90. The number of carbonyl (C=O) groups is 1. The number of thiazole rings is 1. The Morgan fingerprint density at radius 2 is 2.39 bits per heavy atom. The number of aryl methyl sites for hydroxylation is 1. The van der Waals surface area contributed by atoms with E-state index in [-0.39, 0.29) is 5.25 Å². The summed E-state index contributed by atoms with van der Waals surface area (Å²) >= 11 is 2.73. The Morgan fingerprint density at radius 3 is 3.00 bits per heavy atom. The van der Waals surface area contributed by atoms with Gasteiger partial charge in [-0.2, -0.15) is 0 Å². The van der Waals surface area contributed by atoms with Crippen molar-refractivity contribution in [2.45, 2.75) is 30.7 Å². The summed E-state index contributed by atoms with van der Waals surface area (Å²) in [5.41, 5.74) is 6.06. The second kappa shape index (κ2) is 5.49. The lowest BCUT2D eigenvalue weighted by atomic mass is 10.3. The molecular weight excluding hydrogens is 272 g/mol. The molecule has 96 valence electrons. The Labute approximate surface area is 112 Å². The molecule has 0 spiro atoms. The highest BCUT2D eigenvalue weighted by Gasteiger charge is 2.16. The maximum Gasteiger partial charge on any atom is 0.277 e. The van der Waals surface area contributed by atoms with Crippen LogP contribution in [0.3, 0.4) is 0 Å². The lowest BCUT2D eigenvalue weighted by Crippen LogP contribution is -2.22. The summed E-state index contributed by atoms with van der Waals surface area (Å²) in [5, 5.41) is 10.7. The van der Waals surface area contributed by atoms with Crippen molar-refractivity contribution in [3.05, 3.63) is 22.0 Å². The minimum Gasteiger partial charge on any atom is -0.416 e. The molecule has 0 saturated carbocycles. The molecule has 18 heavy (non-hydrogen) atoms. The number of amides is 1. The van der Waals surface area contributed by atoms with Crippen molar-refractivity contribution < 1.29 is 9.21 Å². The Balaban J connectivity index is 2.00. The molecule has 0 aliphatic carbocycles. The van der Waals surface area contributed by atoms with Crippen molar-refractivity contribution >= 4 is 29.0 Å². The fourth-order valence-corrected chi connectivity index (χ4v) is 2.47. The van der Waals surface area contributed by atoms with E-state index in [4.69, 9.17) is 10.2 Å². The molecule has 0 unspecified atom stereocenters. The SMILES string of the molecule is Cc1nc(Cc2nnc(S[C@@H](C)C(N)=O)o2)cs1. The van der Waals surface area contributed by atoms with Crippen molar-refractivity contribution in [1.29, 1.82) is 0 Å². The summed E-state index contributed by atoms with van der Waals surface area (Å²) in [7, 11) is 0. The molecule has 0 aliphatic rings. The normalized spacial score (nSPS) is 12.6. The van der Waals surface area contributed by atoms with E-state index < -0.39 is 5.91 Å². The molecule has 2 N–H and O–H groups in total. The number of carbonyl (C=O) groups excluding carboxylic acids is 1. The predicted octanol–water partition coefficient (Wildman–Crippen LogP) is 1.39. The summed E-state index contributed by atoms with van der Waals surface area (Å²) in [6.07, 6.45) is 0.503. The maximum absolute atomic E-state index is 10.9. The molecule has 0 fully saturated rings. The Morgan fingerprint density at radius 1 is 1.61 bits per heavy atom. The minimum absolute atomic E-state index is 0.350. The van der Waals surface area contributed by atoms with Gasteiger partial charge in [0.2, 0.25) is 11.8 Å².